The molecule has 0 saturated carbocycles. The molecule has 1 aliphatic rings. The number of hydrogen-bond acceptors (Lipinski definition) is 2. The number of hydrogen-bond donors (Lipinski definition) is 0. The molecule has 2 atom stereocenters. The van der Waals surface area contributed by atoms with E-state index >= 15 is 0 Å². The molecule has 7 heavy (non-hydrogen) atoms. The van der Waals surface area contributed by atoms with E-state index in [-0.39, 0.29) is 11.9 Å². The Bertz CT molecular complexity index is 58.7. The molecule has 0 amide bonds. The Morgan fingerprint density at radius 1 is 1.71 bits per heavy atom. The zero-order valence-electron chi connectivity index (χ0n) is 4.06. The molecule has 0 aliphatic carbocycles. The average molecular weight is 123 g/mol. The molecule has 0 aromatic heterocycles. The minimum absolute atomic E-state index is 0.109. The Morgan fingerprint density at radius 3 is 2.57 bits per heavy atom. The molecule has 2 nitrogen and oxygen atoms in total. The van der Waals surface area contributed by atoms with E-state index < -0.39 is 0 Å². The summed E-state index contributed by atoms with van der Waals surface area (Å²) in [5.74, 6) is 0. The van der Waals surface area contributed by atoms with Gasteiger partial charge in [0.2, 0.25) is 0 Å². The third kappa shape index (κ3) is 1.30. The van der Waals surface area contributed by atoms with E-state index in [0.717, 1.165) is 0 Å². The number of rotatable bonds is 0. The lowest BCUT2D eigenvalue weighted by atomic mass is 10.8. The molecule has 1 aliphatic heterocycles. The summed E-state index contributed by atoms with van der Waals surface area (Å²) in [4.78, 5) is 0. The Labute approximate surface area is 47.4 Å². The minimum atomic E-state index is -0.227. The summed E-state index contributed by atoms with van der Waals surface area (Å²) < 4.78 is 9.82. The topological polar surface area (TPSA) is 18.5 Å². The molecule has 1 fully saturated rings. The maximum Gasteiger partial charge on any atom is 0.157 e. The van der Waals surface area contributed by atoms with E-state index in [1.54, 1.807) is 0 Å². The van der Waals surface area contributed by atoms with Crippen molar-refractivity contribution in [2.45, 2.75) is 18.8 Å². The van der Waals surface area contributed by atoms with Crippen molar-refractivity contribution in [3.05, 3.63) is 0 Å². The van der Waals surface area contributed by atoms with Crippen molar-refractivity contribution < 1.29 is 9.47 Å². The molecule has 2 unspecified atom stereocenters. The van der Waals surface area contributed by atoms with E-state index in [0.29, 0.717) is 6.61 Å². The zero-order valence-corrected chi connectivity index (χ0v) is 4.81. The number of ether oxygens (including phenoxy) is 2. The van der Waals surface area contributed by atoms with Gasteiger partial charge >= 0.3 is 0 Å². The zero-order chi connectivity index (χ0) is 5.28. The van der Waals surface area contributed by atoms with Gasteiger partial charge < -0.3 is 9.47 Å². The molecule has 42 valence electrons. The average Bonchev–Trinajstić information content (AvgIpc) is 1.87. The molecule has 0 aromatic rings. The van der Waals surface area contributed by atoms with Gasteiger partial charge in [0.25, 0.3) is 0 Å². The summed E-state index contributed by atoms with van der Waals surface area (Å²) in [5.41, 5.74) is -0.227. The summed E-state index contributed by atoms with van der Waals surface area (Å²) in [7, 11) is 0. The Hall–Kier alpha value is 0.210. The molecular formula is C4H7ClO2. The van der Waals surface area contributed by atoms with Crippen molar-refractivity contribution in [1.82, 2.24) is 0 Å². The molecule has 1 saturated heterocycles. The molecule has 0 radical (unpaired) electrons. The highest BCUT2D eigenvalue weighted by Gasteiger charge is 2.18. The summed E-state index contributed by atoms with van der Waals surface area (Å²) >= 11 is 5.46. The van der Waals surface area contributed by atoms with Gasteiger partial charge in [0, 0.05) is 0 Å². The predicted molar refractivity (Wildman–Crippen MR) is 26.1 cm³/mol. The third-order valence-electron chi connectivity index (χ3n) is 0.801. The smallest absolute Gasteiger partial charge is 0.157 e. The Morgan fingerprint density at radius 2 is 2.43 bits per heavy atom. The maximum absolute atomic E-state index is 5.46. The number of alkyl halides is 1. The molecular weight excluding hydrogens is 115 g/mol. The summed E-state index contributed by atoms with van der Waals surface area (Å²) in [6, 6.07) is 0. The van der Waals surface area contributed by atoms with Gasteiger partial charge in [0.1, 0.15) is 0 Å². The molecule has 0 aromatic carbocycles. The van der Waals surface area contributed by atoms with Crippen LogP contribution in [0.25, 0.3) is 0 Å². The van der Waals surface area contributed by atoms with Crippen LogP contribution >= 0.6 is 11.6 Å². The van der Waals surface area contributed by atoms with Crippen LogP contribution < -0.4 is 0 Å². The molecule has 3 heteroatoms. The first-order chi connectivity index (χ1) is 3.29. The van der Waals surface area contributed by atoms with Gasteiger partial charge in [-0.05, 0) is 6.92 Å². The predicted octanol–water partition coefficient (Wildman–Crippen LogP) is 0.944. The van der Waals surface area contributed by atoms with Crippen LogP contribution in [0.3, 0.4) is 0 Å². The van der Waals surface area contributed by atoms with Gasteiger partial charge in [-0.15, -0.1) is 0 Å². The Kier molecular flexibility index (Phi) is 1.52. The first kappa shape index (κ1) is 5.35. The SMILES string of the molecule is CC1OCC(Cl)O1. The highest BCUT2D eigenvalue weighted by molar-refractivity contribution is 6.19. The quantitative estimate of drug-likeness (QED) is 0.446. The highest BCUT2D eigenvalue weighted by atomic mass is 35.5. The van der Waals surface area contributed by atoms with E-state index in [1.807, 2.05) is 6.92 Å². The standard InChI is InChI=1S/C4H7ClO2/c1-3-6-2-4(5)7-3/h3-4H,2H2,1H3. The van der Waals surface area contributed by atoms with Crippen LogP contribution in [-0.2, 0) is 9.47 Å². The molecule has 0 spiro atoms. The maximum atomic E-state index is 5.46. The second-order valence-corrected chi connectivity index (χ2v) is 1.93. The van der Waals surface area contributed by atoms with Gasteiger partial charge in [-0.25, -0.2) is 0 Å². The fourth-order valence-electron chi connectivity index (χ4n) is 0.498. The molecule has 0 bridgehead atoms. The van der Waals surface area contributed by atoms with Crippen molar-refractivity contribution in [3.63, 3.8) is 0 Å². The van der Waals surface area contributed by atoms with Crippen LogP contribution in [0.5, 0.6) is 0 Å². The lowest BCUT2D eigenvalue weighted by Gasteiger charge is -1.97. The van der Waals surface area contributed by atoms with E-state index in [4.69, 9.17) is 21.1 Å². The molecule has 1 heterocycles. The van der Waals surface area contributed by atoms with Crippen molar-refractivity contribution in [2.75, 3.05) is 6.61 Å². The van der Waals surface area contributed by atoms with E-state index in [2.05, 4.69) is 0 Å². The van der Waals surface area contributed by atoms with Crippen molar-refractivity contribution in [3.8, 4) is 0 Å². The first-order valence-electron chi connectivity index (χ1n) is 2.20. The van der Waals surface area contributed by atoms with Crippen LogP contribution in [0.15, 0.2) is 0 Å². The number of halogens is 1. The largest absolute Gasteiger partial charge is 0.349 e. The fraction of sp³-hybridized carbons (Fsp3) is 1.00. The van der Waals surface area contributed by atoms with Crippen molar-refractivity contribution in [2.24, 2.45) is 0 Å². The van der Waals surface area contributed by atoms with E-state index in [9.17, 15) is 0 Å². The van der Waals surface area contributed by atoms with Crippen LogP contribution in [0.2, 0.25) is 0 Å². The van der Waals surface area contributed by atoms with Crippen molar-refractivity contribution in [1.29, 1.82) is 0 Å². The van der Waals surface area contributed by atoms with Gasteiger partial charge in [-0.3, -0.25) is 0 Å². The van der Waals surface area contributed by atoms with Crippen molar-refractivity contribution >= 4 is 11.6 Å². The van der Waals surface area contributed by atoms with Crippen LogP contribution in [0, 0.1) is 0 Å². The Balaban J connectivity index is 2.26. The van der Waals surface area contributed by atoms with Gasteiger partial charge in [0.05, 0.1) is 6.61 Å². The van der Waals surface area contributed by atoms with Crippen LogP contribution in [-0.4, -0.2) is 18.5 Å². The second-order valence-electron chi connectivity index (χ2n) is 1.45. The third-order valence-corrected chi connectivity index (χ3v) is 1.03. The van der Waals surface area contributed by atoms with Crippen LogP contribution in [0.4, 0.5) is 0 Å². The fourth-order valence-corrected chi connectivity index (χ4v) is 0.715. The first-order valence-corrected chi connectivity index (χ1v) is 2.64. The summed E-state index contributed by atoms with van der Waals surface area (Å²) in [6.45, 7) is 2.34. The van der Waals surface area contributed by atoms with Gasteiger partial charge in [-0.2, -0.15) is 0 Å². The molecule has 0 N–H and O–H groups in total. The van der Waals surface area contributed by atoms with Gasteiger partial charge in [-0.1, -0.05) is 11.6 Å². The van der Waals surface area contributed by atoms with E-state index in [1.165, 1.54) is 0 Å². The van der Waals surface area contributed by atoms with Gasteiger partial charge in [0.15, 0.2) is 11.9 Å². The lowest BCUT2D eigenvalue weighted by Crippen LogP contribution is -2.01. The molecule has 1 rings (SSSR count). The lowest BCUT2D eigenvalue weighted by molar-refractivity contribution is -0.0306. The summed E-state index contributed by atoms with van der Waals surface area (Å²) in [6.07, 6.45) is -0.109. The normalized spacial score (nSPS) is 42.0. The summed E-state index contributed by atoms with van der Waals surface area (Å²) in [5, 5.41) is 0. The monoisotopic (exact) mass is 122 g/mol. The highest BCUT2D eigenvalue weighted by Crippen LogP contribution is 2.12. The van der Waals surface area contributed by atoms with Crippen LogP contribution in [0.1, 0.15) is 6.92 Å². The minimum Gasteiger partial charge on any atom is -0.349 e. The second kappa shape index (κ2) is 1.99.